The molecular weight excluding hydrogens is 525 g/mol. The third-order valence-corrected chi connectivity index (χ3v) is 8.56. The van der Waals surface area contributed by atoms with E-state index >= 15 is 0 Å². The number of carbonyl (C=O) groups is 2. The van der Waals surface area contributed by atoms with Crippen molar-refractivity contribution < 1.29 is 14.3 Å². The fraction of sp³-hybridized carbons (Fsp3) is 0.185. The average molecular weight is 549 g/mol. The second kappa shape index (κ2) is 10.9. The van der Waals surface area contributed by atoms with Gasteiger partial charge < -0.3 is 10.1 Å². The summed E-state index contributed by atoms with van der Waals surface area (Å²) in [5, 5.41) is 18.0. The topological polar surface area (TPSA) is 86.1 Å². The first-order chi connectivity index (χ1) is 18.0. The van der Waals surface area contributed by atoms with Crippen LogP contribution >= 0.6 is 34.4 Å². The van der Waals surface area contributed by atoms with Crippen molar-refractivity contribution in [2.24, 2.45) is 0 Å². The summed E-state index contributed by atoms with van der Waals surface area (Å²) in [5.74, 6) is 0.177. The minimum absolute atomic E-state index is 0.103. The van der Waals surface area contributed by atoms with Gasteiger partial charge in [0.25, 0.3) is 0 Å². The quantitative estimate of drug-likeness (QED) is 0.166. The van der Waals surface area contributed by atoms with Crippen LogP contribution in [0.5, 0.6) is 0 Å². The van der Waals surface area contributed by atoms with Crippen LogP contribution in [0.3, 0.4) is 0 Å². The van der Waals surface area contributed by atoms with E-state index in [9.17, 15) is 9.59 Å². The van der Waals surface area contributed by atoms with E-state index in [4.69, 9.17) is 4.74 Å². The lowest BCUT2D eigenvalue weighted by Crippen LogP contribution is -2.16. The molecule has 1 N–H and O–H groups in total. The third-order valence-electron chi connectivity index (χ3n) is 5.75. The number of esters is 1. The Bertz CT molecular complexity index is 1570. The maximum atomic E-state index is 13.0. The molecule has 1 amide bonds. The maximum absolute atomic E-state index is 13.0. The molecular formula is C27H24N4O3S3. The second-order valence-electron chi connectivity index (χ2n) is 8.46. The van der Waals surface area contributed by atoms with Gasteiger partial charge in [0.05, 0.1) is 12.9 Å². The summed E-state index contributed by atoms with van der Waals surface area (Å²) in [4.78, 5) is 25.5. The van der Waals surface area contributed by atoms with Gasteiger partial charge in [0.15, 0.2) is 11.0 Å². The fourth-order valence-corrected chi connectivity index (χ4v) is 6.83. The molecule has 7 nitrogen and oxygen atoms in total. The average Bonchev–Trinajstić information content (AvgIpc) is 3.64. The number of thiophene rings is 2. The van der Waals surface area contributed by atoms with Crippen LogP contribution in [0.25, 0.3) is 32.6 Å². The van der Waals surface area contributed by atoms with Gasteiger partial charge >= 0.3 is 5.97 Å². The van der Waals surface area contributed by atoms with Crippen LogP contribution in [0.4, 0.5) is 5.00 Å². The number of nitrogens with zero attached hydrogens (tertiary/aromatic N) is 3. The standard InChI is InChI=1S/C27H24N4O3S3/c1-16(2)31-24(20-14-35-21-12-8-7-11-18(20)21)29-30-27(31)37-15-22(32)28-25-23(26(33)34-3)19(13-36-25)17-9-5-4-6-10-17/h4-14,16H,15H2,1-3H3,(H,28,32). The van der Waals surface area contributed by atoms with E-state index < -0.39 is 5.97 Å². The Labute approximate surface area is 226 Å². The number of hydrogen-bond donors (Lipinski definition) is 1. The molecule has 188 valence electrons. The maximum Gasteiger partial charge on any atom is 0.341 e. The number of thioether (sulfide) groups is 1. The lowest BCUT2D eigenvalue weighted by molar-refractivity contribution is -0.113. The number of methoxy groups -OCH3 is 1. The molecule has 5 aromatic rings. The largest absolute Gasteiger partial charge is 0.465 e. The highest BCUT2D eigenvalue weighted by molar-refractivity contribution is 7.99. The smallest absolute Gasteiger partial charge is 0.341 e. The normalized spacial score (nSPS) is 11.2. The van der Waals surface area contributed by atoms with Crippen molar-refractivity contribution in [3.8, 4) is 22.5 Å². The van der Waals surface area contributed by atoms with Crippen molar-refractivity contribution in [3.05, 3.63) is 70.9 Å². The number of anilines is 1. The van der Waals surface area contributed by atoms with Crippen LogP contribution in [0, 0.1) is 0 Å². The zero-order valence-corrected chi connectivity index (χ0v) is 22.9. The number of carbonyl (C=O) groups excluding carboxylic acids is 2. The molecule has 10 heteroatoms. The van der Waals surface area contributed by atoms with Crippen LogP contribution < -0.4 is 5.32 Å². The van der Waals surface area contributed by atoms with Gasteiger partial charge in [0.1, 0.15) is 10.6 Å². The molecule has 37 heavy (non-hydrogen) atoms. The highest BCUT2D eigenvalue weighted by atomic mass is 32.2. The molecule has 0 bridgehead atoms. The molecule has 3 aromatic heterocycles. The van der Waals surface area contributed by atoms with Gasteiger partial charge in [0, 0.05) is 38.0 Å². The zero-order valence-electron chi connectivity index (χ0n) is 20.4. The minimum Gasteiger partial charge on any atom is -0.465 e. The van der Waals surface area contributed by atoms with Gasteiger partial charge in [-0.2, -0.15) is 0 Å². The molecule has 5 rings (SSSR count). The number of ether oxygens (including phenoxy) is 1. The van der Waals surface area contributed by atoms with Crippen molar-refractivity contribution in [1.82, 2.24) is 14.8 Å². The van der Waals surface area contributed by atoms with Crippen molar-refractivity contribution in [2.75, 3.05) is 18.2 Å². The number of aromatic nitrogens is 3. The van der Waals surface area contributed by atoms with E-state index in [1.807, 2.05) is 47.8 Å². The first-order valence-corrected chi connectivity index (χ1v) is 14.3. The molecule has 0 aliphatic heterocycles. The van der Waals surface area contributed by atoms with E-state index in [0.29, 0.717) is 15.7 Å². The Kier molecular flexibility index (Phi) is 7.40. The molecule has 2 aromatic carbocycles. The first kappa shape index (κ1) is 25.2. The summed E-state index contributed by atoms with van der Waals surface area (Å²) in [6.07, 6.45) is 0. The van der Waals surface area contributed by atoms with E-state index in [0.717, 1.165) is 27.9 Å². The van der Waals surface area contributed by atoms with Crippen molar-refractivity contribution in [3.63, 3.8) is 0 Å². The third kappa shape index (κ3) is 5.04. The summed E-state index contributed by atoms with van der Waals surface area (Å²) < 4.78 is 8.26. The van der Waals surface area contributed by atoms with Gasteiger partial charge in [0.2, 0.25) is 5.91 Å². The number of nitrogens with one attached hydrogen (secondary N) is 1. The van der Waals surface area contributed by atoms with Crippen LogP contribution in [0.15, 0.2) is 70.5 Å². The highest BCUT2D eigenvalue weighted by Gasteiger charge is 2.24. The Morgan fingerprint density at radius 2 is 1.73 bits per heavy atom. The van der Waals surface area contributed by atoms with E-state index in [1.165, 1.54) is 34.9 Å². The Hall–Kier alpha value is -3.47. The SMILES string of the molecule is COC(=O)c1c(-c2ccccc2)csc1NC(=O)CSc1nnc(-c2csc3ccccc23)n1C(C)C. The predicted molar refractivity (Wildman–Crippen MR) is 152 cm³/mol. The minimum atomic E-state index is -0.491. The molecule has 0 unspecified atom stereocenters. The predicted octanol–water partition coefficient (Wildman–Crippen LogP) is 6.99. The lowest BCUT2D eigenvalue weighted by atomic mass is 10.0. The fourth-order valence-electron chi connectivity index (χ4n) is 4.05. The van der Waals surface area contributed by atoms with Crippen LogP contribution in [0.1, 0.15) is 30.2 Å². The Morgan fingerprint density at radius 3 is 2.49 bits per heavy atom. The molecule has 0 aliphatic carbocycles. The van der Waals surface area contributed by atoms with Crippen LogP contribution in [0.2, 0.25) is 0 Å². The van der Waals surface area contributed by atoms with Gasteiger partial charge in [-0.15, -0.1) is 32.9 Å². The van der Waals surface area contributed by atoms with E-state index in [2.05, 4.69) is 51.4 Å². The van der Waals surface area contributed by atoms with Crippen molar-refractivity contribution in [2.45, 2.75) is 25.0 Å². The lowest BCUT2D eigenvalue weighted by Gasteiger charge is -2.13. The molecule has 0 saturated carbocycles. The molecule has 3 heterocycles. The molecule has 0 saturated heterocycles. The number of amides is 1. The molecule has 0 spiro atoms. The van der Waals surface area contributed by atoms with Crippen molar-refractivity contribution in [1.29, 1.82) is 0 Å². The molecule has 0 atom stereocenters. The van der Waals surface area contributed by atoms with Crippen molar-refractivity contribution >= 4 is 61.4 Å². The summed E-state index contributed by atoms with van der Waals surface area (Å²) >= 11 is 4.30. The zero-order chi connectivity index (χ0) is 25.9. The number of benzene rings is 2. The Morgan fingerprint density at radius 1 is 1.00 bits per heavy atom. The van der Waals surface area contributed by atoms with E-state index in [-0.39, 0.29) is 17.7 Å². The summed E-state index contributed by atoms with van der Waals surface area (Å²) in [6, 6.07) is 17.9. The van der Waals surface area contributed by atoms with Crippen LogP contribution in [-0.2, 0) is 9.53 Å². The molecule has 0 fully saturated rings. The number of hydrogen-bond acceptors (Lipinski definition) is 8. The monoisotopic (exact) mass is 548 g/mol. The number of fused-ring (bicyclic) bond motifs is 1. The molecule has 0 aliphatic rings. The summed E-state index contributed by atoms with van der Waals surface area (Å²) in [7, 11) is 1.34. The van der Waals surface area contributed by atoms with E-state index in [1.54, 1.807) is 11.3 Å². The van der Waals surface area contributed by atoms with Crippen LogP contribution in [-0.4, -0.2) is 39.5 Å². The summed E-state index contributed by atoms with van der Waals surface area (Å²) in [6.45, 7) is 4.15. The van der Waals surface area contributed by atoms with Gasteiger partial charge in [-0.05, 0) is 25.5 Å². The second-order valence-corrected chi connectivity index (χ2v) is 11.2. The summed E-state index contributed by atoms with van der Waals surface area (Å²) in [5.41, 5.74) is 3.00. The van der Waals surface area contributed by atoms with Gasteiger partial charge in [-0.1, -0.05) is 60.3 Å². The first-order valence-electron chi connectivity index (χ1n) is 11.6. The highest BCUT2D eigenvalue weighted by Crippen LogP contribution is 2.37. The van der Waals surface area contributed by atoms with Gasteiger partial charge in [-0.3, -0.25) is 9.36 Å². The molecule has 0 radical (unpaired) electrons. The Balaban J connectivity index is 1.36. The number of rotatable bonds is 8. The van der Waals surface area contributed by atoms with Gasteiger partial charge in [-0.25, -0.2) is 4.79 Å².